The van der Waals surface area contributed by atoms with Gasteiger partial charge in [0.05, 0.1) is 26.9 Å². The SMILES string of the molecule is C=C1NC(C)=C(C(=O)OC)C(c2ccc(OC)cc2)C1C(=O)OC. The van der Waals surface area contributed by atoms with Gasteiger partial charge >= 0.3 is 11.9 Å². The molecule has 128 valence electrons. The van der Waals surface area contributed by atoms with Crippen molar-refractivity contribution in [3.05, 3.63) is 53.4 Å². The topological polar surface area (TPSA) is 73.9 Å². The number of benzene rings is 1. The van der Waals surface area contributed by atoms with Gasteiger partial charge in [-0.3, -0.25) is 4.79 Å². The molecule has 24 heavy (non-hydrogen) atoms. The second-order valence-corrected chi connectivity index (χ2v) is 5.43. The third-order valence-electron chi connectivity index (χ3n) is 4.11. The average Bonchev–Trinajstić information content (AvgIpc) is 2.60. The summed E-state index contributed by atoms with van der Waals surface area (Å²) >= 11 is 0. The maximum Gasteiger partial charge on any atom is 0.336 e. The monoisotopic (exact) mass is 331 g/mol. The van der Waals surface area contributed by atoms with E-state index in [4.69, 9.17) is 14.2 Å². The van der Waals surface area contributed by atoms with E-state index in [0.717, 1.165) is 5.56 Å². The van der Waals surface area contributed by atoms with Gasteiger partial charge in [-0.15, -0.1) is 0 Å². The Bertz CT molecular complexity index is 690. The molecule has 1 heterocycles. The van der Waals surface area contributed by atoms with Gasteiger partial charge in [0, 0.05) is 17.3 Å². The zero-order valence-electron chi connectivity index (χ0n) is 14.2. The van der Waals surface area contributed by atoms with Crippen LogP contribution in [0.25, 0.3) is 0 Å². The van der Waals surface area contributed by atoms with Crippen molar-refractivity contribution in [2.75, 3.05) is 21.3 Å². The van der Waals surface area contributed by atoms with Crippen molar-refractivity contribution >= 4 is 11.9 Å². The molecular formula is C18H21NO5. The minimum Gasteiger partial charge on any atom is -0.497 e. The number of hydrogen-bond acceptors (Lipinski definition) is 6. The van der Waals surface area contributed by atoms with Crippen molar-refractivity contribution in [2.24, 2.45) is 5.92 Å². The molecule has 1 aliphatic heterocycles. The van der Waals surface area contributed by atoms with Crippen LogP contribution in [-0.4, -0.2) is 33.3 Å². The maximum atomic E-state index is 12.3. The minimum atomic E-state index is -0.735. The van der Waals surface area contributed by atoms with E-state index in [0.29, 0.717) is 22.7 Å². The van der Waals surface area contributed by atoms with Crippen LogP contribution < -0.4 is 10.1 Å². The summed E-state index contributed by atoms with van der Waals surface area (Å²) in [6, 6.07) is 7.18. The molecule has 0 fully saturated rings. The maximum absolute atomic E-state index is 12.3. The standard InChI is InChI=1S/C18H21NO5/c1-10-14(17(20)23-4)16(12-6-8-13(22-3)9-7-12)15(11(2)19-10)18(21)24-5/h6-9,14,16,19H,1H2,2-5H3. The van der Waals surface area contributed by atoms with Crippen molar-refractivity contribution in [3.63, 3.8) is 0 Å². The van der Waals surface area contributed by atoms with E-state index < -0.39 is 23.8 Å². The number of carbonyl (C=O) groups is 2. The van der Waals surface area contributed by atoms with E-state index in [1.54, 1.807) is 26.2 Å². The van der Waals surface area contributed by atoms with Crippen molar-refractivity contribution in [3.8, 4) is 5.75 Å². The molecule has 1 aliphatic rings. The Hall–Kier alpha value is -2.76. The Kier molecular flexibility index (Phi) is 5.28. The zero-order valence-corrected chi connectivity index (χ0v) is 14.2. The molecule has 1 aromatic carbocycles. The molecule has 0 spiro atoms. The first-order valence-electron chi connectivity index (χ1n) is 7.41. The predicted octanol–water partition coefficient (Wildman–Crippen LogP) is 2.13. The molecule has 1 aromatic rings. The Morgan fingerprint density at radius 3 is 2.21 bits per heavy atom. The third kappa shape index (κ3) is 3.13. The molecule has 0 radical (unpaired) electrons. The van der Waals surface area contributed by atoms with E-state index in [-0.39, 0.29) is 0 Å². The van der Waals surface area contributed by atoms with E-state index in [2.05, 4.69) is 11.9 Å². The number of nitrogens with one attached hydrogen (secondary N) is 1. The second kappa shape index (κ2) is 7.21. The van der Waals surface area contributed by atoms with E-state index in [1.165, 1.54) is 14.2 Å². The molecular weight excluding hydrogens is 310 g/mol. The predicted molar refractivity (Wildman–Crippen MR) is 88.2 cm³/mol. The largest absolute Gasteiger partial charge is 0.497 e. The highest BCUT2D eigenvalue weighted by Gasteiger charge is 2.42. The first-order valence-corrected chi connectivity index (χ1v) is 7.41. The summed E-state index contributed by atoms with van der Waals surface area (Å²) in [5, 5.41) is 2.99. The lowest BCUT2D eigenvalue weighted by atomic mass is 9.75. The van der Waals surface area contributed by atoms with Crippen LogP contribution in [0.2, 0.25) is 0 Å². The highest BCUT2D eigenvalue weighted by atomic mass is 16.5. The molecule has 0 amide bonds. The van der Waals surface area contributed by atoms with Gasteiger partial charge in [-0.25, -0.2) is 4.79 Å². The van der Waals surface area contributed by atoms with Gasteiger partial charge in [-0.05, 0) is 24.6 Å². The van der Waals surface area contributed by atoms with Gasteiger partial charge in [0.2, 0.25) is 0 Å². The summed E-state index contributed by atoms with van der Waals surface area (Å²) in [5.41, 5.74) is 2.24. The van der Waals surface area contributed by atoms with Crippen LogP contribution in [0, 0.1) is 5.92 Å². The molecule has 2 rings (SSSR count). The molecule has 6 heteroatoms. The lowest BCUT2D eigenvalue weighted by molar-refractivity contribution is -0.145. The van der Waals surface area contributed by atoms with Crippen molar-refractivity contribution in [1.29, 1.82) is 0 Å². The lowest BCUT2D eigenvalue weighted by Gasteiger charge is -2.34. The summed E-state index contributed by atoms with van der Waals surface area (Å²) < 4.78 is 15.0. The summed E-state index contributed by atoms with van der Waals surface area (Å²) in [5.74, 6) is -1.57. The van der Waals surface area contributed by atoms with Crippen LogP contribution in [0.4, 0.5) is 0 Å². The molecule has 0 aromatic heterocycles. The van der Waals surface area contributed by atoms with Gasteiger partial charge < -0.3 is 19.5 Å². The molecule has 0 saturated heterocycles. The molecule has 1 N–H and O–H groups in total. The quantitative estimate of drug-likeness (QED) is 0.852. The highest BCUT2D eigenvalue weighted by Crippen LogP contribution is 2.41. The lowest BCUT2D eigenvalue weighted by Crippen LogP contribution is -2.39. The van der Waals surface area contributed by atoms with Crippen LogP contribution in [0.1, 0.15) is 18.4 Å². The fourth-order valence-corrected chi connectivity index (χ4v) is 2.95. The smallest absolute Gasteiger partial charge is 0.336 e. The van der Waals surface area contributed by atoms with Gasteiger partial charge in [-0.1, -0.05) is 18.7 Å². The van der Waals surface area contributed by atoms with Crippen molar-refractivity contribution in [1.82, 2.24) is 5.32 Å². The van der Waals surface area contributed by atoms with Gasteiger partial charge in [0.25, 0.3) is 0 Å². The third-order valence-corrected chi connectivity index (χ3v) is 4.11. The Balaban J connectivity index is 2.62. The Morgan fingerprint density at radius 2 is 1.71 bits per heavy atom. The Morgan fingerprint density at radius 1 is 1.08 bits per heavy atom. The first-order chi connectivity index (χ1) is 11.4. The second-order valence-electron chi connectivity index (χ2n) is 5.43. The number of methoxy groups -OCH3 is 3. The van der Waals surface area contributed by atoms with Gasteiger partial charge in [0.1, 0.15) is 11.7 Å². The van der Waals surface area contributed by atoms with E-state index in [9.17, 15) is 9.59 Å². The van der Waals surface area contributed by atoms with Crippen LogP contribution in [0.3, 0.4) is 0 Å². The number of rotatable bonds is 4. The van der Waals surface area contributed by atoms with Crippen molar-refractivity contribution in [2.45, 2.75) is 12.8 Å². The average molecular weight is 331 g/mol. The normalized spacial score (nSPS) is 20.2. The fraction of sp³-hybridized carbons (Fsp3) is 0.333. The Labute approximate surface area is 141 Å². The summed E-state index contributed by atoms with van der Waals surface area (Å²) in [7, 11) is 4.19. The van der Waals surface area contributed by atoms with Gasteiger partial charge in [-0.2, -0.15) is 0 Å². The molecule has 2 atom stereocenters. The number of esters is 2. The molecule has 0 bridgehead atoms. The van der Waals surface area contributed by atoms with Crippen LogP contribution in [0.15, 0.2) is 47.8 Å². The number of carbonyl (C=O) groups excluding carboxylic acids is 2. The number of hydrogen-bond donors (Lipinski definition) is 1. The van der Waals surface area contributed by atoms with Crippen LogP contribution in [0.5, 0.6) is 5.75 Å². The number of ether oxygens (including phenoxy) is 3. The zero-order chi connectivity index (χ0) is 17.9. The highest BCUT2D eigenvalue weighted by molar-refractivity contribution is 5.94. The summed E-state index contributed by atoms with van der Waals surface area (Å²) in [6.45, 7) is 5.67. The van der Waals surface area contributed by atoms with Crippen molar-refractivity contribution < 1.29 is 23.8 Å². The molecule has 6 nitrogen and oxygen atoms in total. The molecule has 0 saturated carbocycles. The molecule has 0 aliphatic carbocycles. The van der Waals surface area contributed by atoms with Gasteiger partial charge in [0.15, 0.2) is 0 Å². The summed E-state index contributed by atoms with van der Waals surface area (Å²) in [6.07, 6.45) is 0. The van der Waals surface area contributed by atoms with Crippen LogP contribution >= 0.6 is 0 Å². The fourth-order valence-electron chi connectivity index (χ4n) is 2.95. The van der Waals surface area contributed by atoms with Crippen LogP contribution in [-0.2, 0) is 19.1 Å². The summed E-state index contributed by atoms with van der Waals surface area (Å²) in [4.78, 5) is 24.6. The van der Waals surface area contributed by atoms with E-state index >= 15 is 0 Å². The first kappa shape index (κ1) is 17.6. The van der Waals surface area contributed by atoms with E-state index in [1.807, 2.05) is 12.1 Å². The number of allylic oxidation sites excluding steroid dienone is 1. The molecule has 2 unspecified atom stereocenters. The minimum absolute atomic E-state index is 0.380.